The molecule has 0 amide bonds. The molecule has 4 heteroatoms. The molecule has 1 heterocycles. The Morgan fingerprint density at radius 2 is 2.29 bits per heavy atom. The van der Waals surface area contributed by atoms with Crippen LogP contribution in [0, 0.1) is 5.41 Å². The second-order valence-electron chi connectivity index (χ2n) is 4.57. The molecule has 0 saturated carbocycles. The van der Waals surface area contributed by atoms with Crippen LogP contribution in [0.2, 0.25) is 0 Å². The van der Waals surface area contributed by atoms with E-state index >= 15 is 0 Å². The van der Waals surface area contributed by atoms with Crippen molar-refractivity contribution in [2.75, 3.05) is 13.1 Å². The Morgan fingerprint density at radius 1 is 1.57 bits per heavy atom. The first-order valence-electron chi connectivity index (χ1n) is 4.98. The molecule has 1 unspecified atom stereocenters. The summed E-state index contributed by atoms with van der Waals surface area (Å²) >= 11 is 0. The highest BCUT2D eigenvalue weighted by Crippen LogP contribution is 2.31. The molecule has 14 heavy (non-hydrogen) atoms. The zero-order valence-electron chi connectivity index (χ0n) is 9.17. The van der Waals surface area contributed by atoms with E-state index < -0.39 is 0 Å². The van der Waals surface area contributed by atoms with Gasteiger partial charge < -0.3 is 11.1 Å². The van der Waals surface area contributed by atoms with Gasteiger partial charge in [-0.25, -0.2) is 0 Å². The van der Waals surface area contributed by atoms with E-state index in [0.717, 1.165) is 6.54 Å². The number of hydrogen-bond donors (Lipinski definition) is 3. The van der Waals surface area contributed by atoms with Crippen molar-refractivity contribution in [3.05, 3.63) is 18.0 Å². The maximum absolute atomic E-state index is 5.49. The van der Waals surface area contributed by atoms with E-state index in [1.165, 1.54) is 5.56 Å². The maximum Gasteiger partial charge on any atom is 0.0535 e. The number of nitrogens with zero attached hydrogens (tertiary/aromatic N) is 1. The van der Waals surface area contributed by atoms with Crippen molar-refractivity contribution in [1.82, 2.24) is 15.5 Å². The first-order valence-corrected chi connectivity index (χ1v) is 4.98. The summed E-state index contributed by atoms with van der Waals surface area (Å²) in [6.07, 6.45) is 3.79. The summed E-state index contributed by atoms with van der Waals surface area (Å²) in [6, 6.07) is 0.296. The number of nitrogens with two attached hydrogens (primary N) is 1. The summed E-state index contributed by atoms with van der Waals surface area (Å²) in [6.45, 7) is 8.09. The van der Waals surface area contributed by atoms with Crippen LogP contribution in [0.1, 0.15) is 32.4 Å². The average Bonchev–Trinajstić information content (AvgIpc) is 2.55. The topological polar surface area (TPSA) is 66.7 Å². The normalized spacial score (nSPS) is 14.3. The van der Waals surface area contributed by atoms with Gasteiger partial charge in [-0.15, -0.1) is 0 Å². The van der Waals surface area contributed by atoms with E-state index in [1.54, 1.807) is 0 Å². The molecular formula is C10H20N4. The third-order valence-electron chi connectivity index (χ3n) is 2.21. The fourth-order valence-electron chi connectivity index (χ4n) is 1.57. The highest BCUT2D eigenvalue weighted by Gasteiger charge is 2.25. The number of aromatic amines is 1. The van der Waals surface area contributed by atoms with E-state index in [0.29, 0.717) is 12.6 Å². The van der Waals surface area contributed by atoms with Crippen molar-refractivity contribution in [2.24, 2.45) is 11.1 Å². The summed E-state index contributed by atoms with van der Waals surface area (Å²) in [7, 11) is 0. The van der Waals surface area contributed by atoms with Crippen LogP contribution in [0.3, 0.4) is 0 Å². The molecular weight excluding hydrogens is 176 g/mol. The molecule has 0 spiro atoms. The van der Waals surface area contributed by atoms with E-state index in [4.69, 9.17) is 5.73 Å². The molecule has 1 atom stereocenters. The minimum Gasteiger partial charge on any atom is -0.329 e. The fraction of sp³-hybridized carbons (Fsp3) is 0.700. The summed E-state index contributed by atoms with van der Waals surface area (Å²) in [5.74, 6) is 0. The quantitative estimate of drug-likeness (QED) is 0.674. The third kappa shape index (κ3) is 2.82. The van der Waals surface area contributed by atoms with Crippen LogP contribution in [-0.4, -0.2) is 23.3 Å². The lowest BCUT2D eigenvalue weighted by Crippen LogP contribution is -2.35. The van der Waals surface area contributed by atoms with Crippen LogP contribution in [0.4, 0.5) is 0 Å². The van der Waals surface area contributed by atoms with Gasteiger partial charge in [-0.2, -0.15) is 5.10 Å². The smallest absolute Gasteiger partial charge is 0.0535 e. The van der Waals surface area contributed by atoms with Gasteiger partial charge in [0.2, 0.25) is 0 Å². The van der Waals surface area contributed by atoms with Crippen LogP contribution >= 0.6 is 0 Å². The van der Waals surface area contributed by atoms with Gasteiger partial charge in [0.1, 0.15) is 0 Å². The summed E-state index contributed by atoms with van der Waals surface area (Å²) in [5.41, 5.74) is 6.84. The number of hydrogen-bond acceptors (Lipinski definition) is 3. The Bertz CT molecular complexity index is 248. The Balaban J connectivity index is 2.73. The van der Waals surface area contributed by atoms with Gasteiger partial charge in [-0.1, -0.05) is 20.8 Å². The predicted molar refractivity (Wildman–Crippen MR) is 57.8 cm³/mol. The predicted octanol–water partition coefficient (Wildman–Crippen LogP) is 1.05. The molecule has 4 N–H and O–H groups in total. The van der Waals surface area contributed by atoms with Crippen LogP contribution < -0.4 is 11.1 Å². The standard InChI is InChI=1S/C10H20N4/c1-10(2,3)9(12-5-4-11)8-6-13-14-7-8/h6-7,9,12H,4-5,11H2,1-3H3,(H,13,14). The molecule has 0 radical (unpaired) electrons. The number of H-pyrrole nitrogens is 1. The summed E-state index contributed by atoms with van der Waals surface area (Å²) in [4.78, 5) is 0. The second kappa shape index (κ2) is 4.57. The highest BCUT2D eigenvalue weighted by atomic mass is 15.1. The van der Waals surface area contributed by atoms with Gasteiger partial charge in [0.15, 0.2) is 0 Å². The van der Waals surface area contributed by atoms with Gasteiger partial charge in [0.05, 0.1) is 6.20 Å². The van der Waals surface area contributed by atoms with Crippen LogP contribution in [-0.2, 0) is 0 Å². The molecule has 0 bridgehead atoms. The Morgan fingerprint density at radius 3 is 2.71 bits per heavy atom. The molecule has 0 aromatic carbocycles. The zero-order valence-corrected chi connectivity index (χ0v) is 9.17. The van der Waals surface area contributed by atoms with E-state index in [1.807, 2.05) is 12.4 Å². The first kappa shape index (κ1) is 11.2. The number of nitrogens with one attached hydrogen (secondary N) is 2. The van der Waals surface area contributed by atoms with Crippen molar-refractivity contribution >= 4 is 0 Å². The lowest BCUT2D eigenvalue weighted by molar-refractivity contribution is 0.275. The molecule has 4 nitrogen and oxygen atoms in total. The first-order chi connectivity index (χ1) is 6.55. The van der Waals surface area contributed by atoms with Crippen LogP contribution in [0.15, 0.2) is 12.4 Å². The fourth-order valence-corrected chi connectivity index (χ4v) is 1.57. The lowest BCUT2D eigenvalue weighted by atomic mass is 9.83. The summed E-state index contributed by atoms with van der Waals surface area (Å²) < 4.78 is 0. The van der Waals surface area contributed by atoms with Gasteiger partial charge in [0, 0.05) is 30.9 Å². The highest BCUT2D eigenvalue weighted by molar-refractivity contribution is 5.12. The van der Waals surface area contributed by atoms with Crippen molar-refractivity contribution in [2.45, 2.75) is 26.8 Å². The van der Waals surface area contributed by atoms with Crippen molar-refractivity contribution in [3.8, 4) is 0 Å². The second-order valence-corrected chi connectivity index (χ2v) is 4.57. The monoisotopic (exact) mass is 196 g/mol. The molecule has 0 fully saturated rings. The Labute approximate surface area is 85.3 Å². The lowest BCUT2D eigenvalue weighted by Gasteiger charge is -2.30. The molecule has 1 aromatic heterocycles. The van der Waals surface area contributed by atoms with Gasteiger partial charge in [0.25, 0.3) is 0 Å². The number of aromatic nitrogens is 2. The molecule has 1 aromatic rings. The molecule has 0 saturated heterocycles. The largest absolute Gasteiger partial charge is 0.329 e. The summed E-state index contributed by atoms with van der Waals surface area (Å²) in [5, 5.41) is 10.2. The van der Waals surface area contributed by atoms with Crippen LogP contribution in [0.25, 0.3) is 0 Å². The van der Waals surface area contributed by atoms with Crippen molar-refractivity contribution in [1.29, 1.82) is 0 Å². The average molecular weight is 196 g/mol. The van der Waals surface area contributed by atoms with Gasteiger partial charge in [-0.3, -0.25) is 5.10 Å². The zero-order chi connectivity index (χ0) is 10.6. The SMILES string of the molecule is CC(C)(C)C(NCCN)c1cn[nH]c1. The Kier molecular flexibility index (Phi) is 3.66. The number of rotatable bonds is 4. The van der Waals surface area contributed by atoms with E-state index in [2.05, 4.69) is 36.3 Å². The van der Waals surface area contributed by atoms with Gasteiger partial charge in [-0.05, 0) is 5.41 Å². The van der Waals surface area contributed by atoms with Crippen molar-refractivity contribution < 1.29 is 0 Å². The van der Waals surface area contributed by atoms with Crippen molar-refractivity contribution in [3.63, 3.8) is 0 Å². The van der Waals surface area contributed by atoms with Crippen LogP contribution in [0.5, 0.6) is 0 Å². The maximum atomic E-state index is 5.49. The Hall–Kier alpha value is -0.870. The molecule has 1 rings (SSSR count). The van der Waals surface area contributed by atoms with Gasteiger partial charge >= 0.3 is 0 Å². The van der Waals surface area contributed by atoms with E-state index in [-0.39, 0.29) is 5.41 Å². The minimum absolute atomic E-state index is 0.166. The molecule has 0 aliphatic carbocycles. The van der Waals surface area contributed by atoms with E-state index in [9.17, 15) is 0 Å². The molecule has 0 aliphatic heterocycles. The third-order valence-corrected chi connectivity index (χ3v) is 2.21. The minimum atomic E-state index is 0.166. The molecule has 80 valence electrons. The molecule has 0 aliphatic rings.